The van der Waals surface area contributed by atoms with Gasteiger partial charge in [-0.1, -0.05) is 12.6 Å². The van der Waals surface area contributed by atoms with Crippen LogP contribution in [-0.2, 0) is 9.53 Å². The Labute approximate surface area is 306 Å². The zero-order valence-corrected chi connectivity index (χ0v) is 30.1. The zero-order valence-electron chi connectivity index (χ0n) is 30.1. The van der Waals surface area contributed by atoms with Crippen molar-refractivity contribution in [2.45, 2.75) is 44.7 Å². The van der Waals surface area contributed by atoms with Crippen LogP contribution in [0.2, 0.25) is 0 Å². The molecule has 1 saturated carbocycles. The number of amides is 1. The van der Waals surface area contributed by atoms with E-state index >= 15 is 0 Å². The smallest absolute Gasteiger partial charge is 0.422 e. The first-order chi connectivity index (χ1) is 25.6. The Morgan fingerprint density at radius 2 is 1.81 bits per heavy atom. The highest BCUT2D eigenvalue weighted by Gasteiger charge is 2.47. The molecule has 9 rings (SSSR count). The number of fused-ring (bicyclic) bond motifs is 2. The van der Waals surface area contributed by atoms with Gasteiger partial charge in [0.25, 0.3) is 0 Å². The molecule has 14 heteroatoms. The molecule has 0 radical (unpaired) electrons. The highest BCUT2D eigenvalue weighted by atomic mass is 19.4. The number of rotatable bonds is 9. The molecular formula is C39H45F3N8O3. The third kappa shape index (κ3) is 6.47. The van der Waals surface area contributed by atoms with E-state index in [0.29, 0.717) is 54.5 Å². The van der Waals surface area contributed by atoms with Crippen LogP contribution in [-0.4, -0.2) is 121 Å². The van der Waals surface area contributed by atoms with Crippen molar-refractivity contribution in [2.24, 2.45) is 11.3 Å². The molecule has 53 heavy (non-hydrogen) atoms. The van der Waals surface area contributed by atoms with Gasteiger partial charge in [0.05, 0.1) is 24.9 Å². The summed E-state index contributed by atoms with van der Waals surface area (Å²) in [5, 5.41) is 8.88. The fourth-order valence-electron chi connectivity index (χ4n) is 8.89. The maximum absolute atomic E-state index is 14.1. The number of likely N-dealkylation sites (tertiary alicyclic amines) is 1. The standard InChI is InChI=1S/C39H45F3N8O3/c1-3-31(51)50-21-38(22-50)8-10-48(11-9-38)36-28-16-27(26-5-6-26)33(32-24(2)4-7-30-29(32)17-43-46-30)35(53-23-39(40,41)42)34(28)44-37(45-36)49-19-25(20-49)18-47-12-14-52-15-13-47/h3-4,7,16-17,25-26H,1,5-6,8-15,18-23H2,2H3,(H,43,46). The number of piperidine rings is 1. The van der Waals surface area contributed by atoms with Gasteiger partial charge < -0.3 is 24.2 Å². The summed E-state index contributed by atoms with van der Waals surface area (Å²) < 4.78 is 53.8. The molecule has 1 amide bonds. The average molecular weight is 731 g/mol. The van der Waals surface area contributed by atoms with E-state index in [1.807, 2.05) is 24.0 Å². The molecule has 1 N–H and O–H groups in total. The van der Waals surface area contributed by atoms with E-state index in [-0.39, 0.29) is 23.0 Å². The predicted octanol–water partition coefficient (Wildman–Crippen LogP) is 5.68. The number of nitrogens with one attached hydrogen (secondary N) is 1. The van der Waals surface area contributed by atoms with E-state index in [2.05, 4.69) is 37.5 Å². The maximum Gasteiger partial charge on any atom is 0.422 e. The van der Waals surface area contributed by atoms with Crippen LogP contribution < -0.4 is 14.5 Å². The largest absolute Gasteiger partial charge is 0.481 e. The molecule has 5 fully saturated rings. The van der Waals surface area contributed by atoms with Gasteiger partial charge in [-0.05, 0) is 73.4 Å². The minimum Gasteiger partial charge on any atom is -0.481 e. The normalized spacial score (nSPS) is 20.9. The third-order valence-corrected chi connectivity index (χ3v) is 11.9. The maximum atomic E-state index is 14.1. The second kappa shape index (κ2) is 13.2. The van der Waals surface area contributed by atoms with Crippen LogP contribution in [0.5, 0.6) is 5.75 Å². The number of carbonyl (C=O) groups excluding carboxylic acids is 1. The fraction of sp³-hybridized carbons (Fsp3) is 0.538. The number of alkyl halides is 3. The monoisotopic (exact) mass is 730 g/mol. The summed E-state index contributed by atoms with van der Waals surface area (Å²) in [5.41, 5.74) is 4.62. The fourth-order valence-corrected chi connectivity index (χ4v) is 8.89. The molecule has 5 aliphatic rings. The van der Waals surface area contributed by atoms with Gasteiger partial charge in [0.1, 0.15) is 11.3 Å². The molecule has 2 aromatic heterocycles. The van der Waals surface area contributed by atoms with Crippen molar-refractivity contribution in [2.75, 3.05) is 88.5 Å². The number of morpholine rings is 1. The van der Waals surface area contributed by atoms with E-state index < -0.39 is 12.8 Å². The molecule has 2 aromatic carbocycles. The van der Waals surface area contributed by atoms with Gasteiger partial charge in [-0.3, -0.25) is 14.8 Å². The molecule has 4 aliphatic heterocycles. The number of H-pyrrole nitrogens is 1. The van der Waals surface area contributed by atoms with E-state index in [1.54, 1.807) is 6.20 Å². The quantitative estimate of drug-likeness (QED) is 0.218. The lowest BCUT2D eigenvalue weighted by Gasteiger charge is -2.54. The number of ether oxygens (including phenoxy) is 2. The second-order valence-corrected chi connectivity index (χ2v) is 15.7. The van der Waals surface area contributed by atoms with Gasteiger partial charge in [-0.25, -0.2) is 4.98 Å². The Balaban J connectivity index is 1.16. The SMILES string of the molecule is C=CC(=O)N1CC2(CCN(c3nc(N4CC(CN5CCOCC5)C4)nc4c(OCC(F)(F)F)c(-c5c(C)ccc6[nH]ncc56)c(C5CC5)cc34)CC2)C1. The lowest BCUT2D eigenvalue weighted by molar-refractivity contribution is -0.153. The Bertz CT molecular complexity index is 2050. The summed E-state index contributed by atoms with van der Waals surface area (Å²) in [5.74, 6) is 1.97. The van der Waals surface area contributed by atoms with E-state index in [4.69, 9.17) is 19.4 Å². The lowest BCUT2D eigenvalue weighted by Crippen LogP contribution is -2.61. The van der Waals surface area contributed by atoms with Crippen molar-refractivity contribution in [3.63, 3.8) is 0 Å². The van der Waals surface area contributed by atoms with Gasteiger partial charge in [-0.2, -0.15) is 23.3 Å². The van der Waals surface area contributed by atoms with Crippen LogP contribution in [0, 0.1) is 18.3 Å². The first-order valence-electron chi connectivity index (χ1n) is 18.8. The molecule has 1 spiro atoms. The highest BCUT2D eigenvalue weighted by molar-refractivity contribution is 6.06. The number of aromatic nitrogens is 4. The van der Waals surface area contributed by atoms with Gasteiger partial charge in [0.2, 0.25) is 11.9 Å². The number of carbonyl (C=O) groups is 1. The van der Waals surface area contributed by atoms with Gasteiger partial charge in [0.15, 0.2) is 12.4 Å². The lowest BCUT2D eigenvalue weighted by atomic mass is 9.72. The van der Waals surface area contributed by atoms with Crippen LogP contribution in [0.1, 0.15) is 42.7 Å². The highest BCUT2D eigenvalue weighted by Crippen LogP contribution is 2.53. The van der Waals surface area contributed by atoms with E-state index in [1.165, 1.54) is 6.08 Å². The molecule has 0 atom stereocenters. The number of aryl methyl sites for hydroxylation is 1. The van der Waals surface area contributed by atoms with Crippen molar-refractivity contribution in [3.8, 4) is 16.9 Å². The number of benzene rings is 2. The minimum atomic E-state index is -4.55. The molecule has 0 unspecified atom stereocenters. The van der Waals surface area contributed by atoms with Crippen LogP contribution in [0.3, 0.4) is 0 Å². The number of halogens is 3. The molecule has 1 aliphatic carbocycles. The Morgan fingerprint density at radius 1 is 1.06 bits per heavy atom. The van der Waals surface area contributed by atoms with Crippen LogP contribution >= 0.6 is 0 Å². The van der Waals surface area contributed by atoms with E-state index in [0.717, 1.165) is 105 Å². The van der Waals surface area contributed by atoms with Crippen molar-refractivity contribution in [1.29, 1.82) is 0 Å². The number of anilines is 2. The second-order valence-electron chi connectivity index (χ2n) is 15.7. The van der Waals surface area contributed by atoms with Crippen molar-refractivity contribution in [3.05, 3.63) is 48.2 Å². The van der Waals surface area contributed by atoms with Crippen molar-refractivity contribution in [1.82, 2.24) is 30.0 Å². The summed E-state index contributed by atoms with van der Waals surface area (Å²) in [4.78, 5) is 31.3. The Morgan fingerprint density at radius 3 is 2.51 bits per heavy atom. The van der Waals surface area contributed by atoms with Crippen LogP contribution in [0.25, 0.3) is 32.9 Å². The minimum absolute atomic E-state index is 0.0397. The van der Waals surface area contributed by atoms with Gasteiger partial charge >= 0.3 is 6.18 Å². The van der Waals surface area contributed by atoms with Crippen LogP contribution in [0.15, 0.2) is 37.1 Å². The first-order valence-corrected chi connectivity index (χ1v) is 18.8. The zero-order chi connectivity index (χ0) is 36.5. The molecule has 280 valence electrons. The van der Waals surface area contributed by atoms with Gasteiger partial charge in [-0.15, -0.1) is 0 Å². The number of hydrogen-bond acceptors (Lipinski definition) is 9. The van der Waals surface area contributed by atoms with Crippen molar-refractivity contribution >= 4 is 39.5 Å². The number of nitrogens with zero attached hydrogens (tertiary/aromatic N) is 7. The molecular weight excluding hydrogens is 685 g/mol. The Kier molecular flexibility index (Phi) is 8.52. The van der Waals surface area contributed by atoms with Crippen molar-refractivity contribution < 1.29 is 27.4 Å². The summed E-state index contributed by atoms with van der Waals surface area (Å²) in [6.45, 7) is 12.8. The molecule has 4 aromatic rings. The Hall–Kier alpha value is -4.43. The molecule has 11 nitrogen and oxygen atoms in total. The predicted molar refractivity (Wildman–Crippen MR) is 197 cm³/mol. The topological polar surface area (TPSA) is 103 Å². The molecule has 4 saturated heterocycles. The molecule has 6 heterocycles. The summed E-state index contributed by atoms with van der Waals surface area (Å²) in [6, 6.07) is 6.06. The first kappa shape index (κ1) is 34.3. The van der Waals surface area contributed by atoms with Crippen LogP contribution in [0.4, 0.5) is 24.9 Å². The third-order valence-electron chi connectivity index (χ3n) is 11.9. The number of hydrogen-bond donors (Lipinski definition) is 1. The van der Waals surface area contributed by atoms with E-state index in [9.17, 15) is 18.0 Å². The summed E-state index contributed by atoms with van der Waals surface area (Å²) in [7, 11) is 0. The molecule has 0 bridgehead atoms. The number of aromatic amines is 1. The van der Waals surface area contributed by atoms with Gasteiger partial charge in [0, 0.05) is 86.6 Å². The summed E-state index contributed by atoms with van der Waals surface area (Å²) >= 11 is 0. The summed E-state index contributed by atoms with van der Waals surface area (Å²) in [6.07, 6.45) is 2.21. The average Bonchev–Trinajstić information content (AvgIpc) is 3.86.